The minimum atomic E-state index is 0.808. The van der Waals surface area contributed by atoms with Crippen molar-refractivity contribution in [1.82, 2.24) is 4.98 Å². The summed E-state index contributed by atoms with van der Waals surface area (Å²) >= 11 is 1.77. The number of nitrogens with zero attached hydrogens (tertiary/aromatic N) is 3. The van der Waals surface area contributed by atoms with Gasteiger partial charge in [0.25, 0.3) is 0 Å². The van der Waals surface area contributed by atoms with Crippen molar-refractivity contribution < 1.29 is 0 Å². The van der Waals surface area contributed by atoms with E-state index < -0.39 is 0 Å². The van der Waals surface area contributed by atoms with E-state index in [2.05, 4.69) is 61.2 Å². The van der Waals surface area contributed by atoms with Crippen LogP contribution in [0.5, 0.6) is 0 Å². The molecule has 3 rings (SSSR count). The quantitative estimate of drug-likeness (QED) is 0.674. The zero-order valence-corrected chi connectivity index (χ0v) is 12.7. The van der Waals surface area contributed by atoms with Crippen LogP contribution >= 0.6 is 11.3 Å². The molecule has 0 aromatic heterocycles. The van der Waals surface area contributed by atoms with Crippen molar-refractivity contribution in [2.24, 2.45) is 4.99 Å². The number of aromatic nitrogens is 1. The monoisotopic (exact) mass is 283 g/mol. The summed E-state index contributed by atoms with van der Waals surface area (Å²) in [6, 6.07) is 12.6. The largest absolute Gasteiger partial charge is 0.378 e. The van der Waals surface area contributed by atoms with E-state index in [1.54, 1.807) is 11.3 Å². The van der Waals surface area contributed by atoms with Crippen LogP contribution in [0, 0.1) is 0 Å². The van der Waals surface area contributed by atoms with Crippen molar-refractivity contribution >= 4 is 27.2 Å². The topological polar surface area (TPSA) is 28.5 Å². The molecule has 0 bridgehead atoms. The van der Waals surface area contributed by atoms with E-state index in [0.717, 1.165) is 23.1 Å². The molecule has 0 atom stereocenters. The molecule has 0 saturated carbocycles. The molecule has 0 fully saturated rings. The smallest absolute Gasteiger partial charge is 0.0811 e. The van der Waals surface area contributed by atoms with Crippen molar-refractivity contribution in [3.05, 3.63) is 41.8 Å². The van der Waals surface area contributed by atoms with E-state index >= 15 is 0 Å². The average molecular weight is 283 g/mol. The number of hydrogen-bond acceptors (Lipinski definition) is 4. The van der Waals surface area contributed by atoms with Crippen molar-refractivity contribution in [2.75, 3.05) is 25.5 Å². The highest BCUT2D eigenvalue weighted by Crippen LogP contribution is 2.31. The molecule has 0 unspecified atom stereocenters. The number of hydrogen-bond donors (Lipinski definition) is 0. The Morgan fingerprint density at radius 1 is 1.15 bits per heavy atom. The lowest BCUT2D eigenvalue weighted by Crippen LogP contribution is -2.08. The van der Waals surface area contributed by atoms with Gasteiger partial charge in [-0.25, -0.2) is 4.98 Å². The van der Waals surface area contributed by atoms with Gasteiger partial charge in [-0.15, -0.1) is 11.3 Å². The van der Waals surface area contributed by atoms with Crippen LogP contribution in [-0.4, -0.2) is 25.6 Å². The third-order valence-corrected chi connectivity index (χ3v) is 4.30. The molecular formula is C16H17N3S. The molecule has 20 heavy (non-hydrogen) atoms. The Morgan fingerprint density at radius 3 is 2.75 bits per heavy atom. The van der Waals surface area contributed by atoms with E-state index in [1.165, 1.54) is 15.3 Å². The lowest BCUT2D eigenvalue weighted by Gasteiger charge is -2.13. The van der Waals surface area contributed by atoms with E-state index in [1.807, 2.05) is 6.07 Å². The van der Waals surface area contributed by atoms with Gasteiger partial charge in [0.15, 0.2) is 0 Å². The second-order valence-corrected chi connectivity index (χ2v) is 5.97. The third kappa shape index (κ3) is 2.39. The summed E-state index contributed by atoms with van der Waals surface area (Å²) in [6.45, 7) is 2.86. The third-order valence-electron chi connectivity index (χ3n) is 3.20. The summed E-state index contributed by atoms with van der Waals surface area (Å²) in [5.41, 5.74) is 3.28. The second kappa shape index (κ2) is 5.21. The van der Waals surface area contributed by atoms with E-state index in [4.69, 9.17) is 4.98 Å². The fraction of sp³-hybridized carbons (Fsp3) is 0.250. The Bertz CT molecular complexity index is 789. The van der Waals surface area contributed by atoms with E-state index in [0.29, 0.717) is 0 Å². The van der Waals surface area contributed by atoms with Gasteiger partial charge >= 0.3 is 0 Å². The van der Waals surface area contributed by atoms with Gasteiger partial charge in [-0.2, -0.15) is 0 Å². The van der Waals surface area contributed by atoms with Gasteiger partial charge in [0.1, 0.15) is 0 Å². The van der Waals surface area contributed by atoms with Crippen LogP contribution in [0.25, 0.3) is 20.8 Å². The first kappa shape index (κ1) is 13.1. The SMILES string of the molecule is CC/N=c1\ccc2nc3ccc(N(C)C)cc3sc-2c1. The predicted molar refractivity (Wildman–Crippen MR) is 86.7 cm³/mol. The fourth-order valence-corrected chi connectivity index (χ4v) is 3.19. The predicted octanol–water partition coefficient (Wildman–Crippen LogP) is 3.39. The fourth-order valence-electron chi connectivity index (χ4n) is 2.16. The highest BCUT2D eigenvalue weighted by Gasteiger charge is 2.07. The van der Waals surface area contributed by atoms with Crippen LogP contribution in [0.3, 0.4) is 0 Å². The molecule has 1 heterocycles. The molecule has 0 spiro atoms. The summed E-state index contributed by atoms with van der Waals surface area (Å²) in [5, 5.41) is 1.03. The molecule has 0 amide bonds. The first-order valence-electron chi connectivity index (χ1n) is 6.70. The lowest BCUT2D eigenvalue weighted by atomic mass is 10.2. The molecule has 0 radical (unpaired) electrons. The average Bonchev–Trinajstić information content (AvgIpc) is 2.44. The summed E-state index contributed by atoms with van der Waals surface area (Å²) in [7, 11) is 4.11. The maximum absolute atomic E-state index is 4.73. The standard InChI is InChI=1S/C16H17N3S/c1-4-17-11-5-7-13-15(9-11)20-16-10-12(19(2)3)6-8-14(16)18-13/h5-10H,4H2,1-3H3/b17-11+. The maximum atomic E-state index is 4.73. The molecular weight excluding hydrogens is 266 g/mol. The highest BCUT2D eigenvalue weighted by atomic mass is 32.1. The normalized spacial score (nSPS) is 12.2. The van der Waals surface area contributed by atoms with Gasteiger partial charge in [-0.1, -0.05) is 0 Å². The van der Waals surface area contributed by atoms with Gasteiger partial charge in [-0.05, 0) is 43.3 Å². The minimum Gasteiger partial charge on any atom is -0.378 e. The van der Waals surface area contributed by atoms with Crippen LogP contribution in [0.2, 0.25) is 0 Å². The lowest BCUT2D eigenvalue weighted by molar-refractivity contribution is 1.06. The Labute approximate surface area is 122 Å². The molecule has 102 valence electrons. The van der Waals surface area contributed by atoms with Crippen molar-refractivity contribution in [3.63, 3.8) is 0 Å². The van der Waals surface area contributed by atoms with Gasteiger partial charge in [0.05, 0.1) is 26.1 Å². The molecule has 4 heteroatoms. The van der Waals surface area contributed by atoms with Gasteiger partial charge in [0, 0.05) is 26.3 Å². The minimum absolute atomic E-state index is 0.808. The first-order chi connectivity index (χ1) is 9.67. The molecule has 1 aliphatic heterocycles. The second-order valence-electron chi connectivity index (χ2n) is 4.89. The molecule has 0 N–H and O–H groups in total. The summed E-state index contributed by atoms with van der Waals surface area (Å²) in [6.07, 6.45) is 0. The van der Waals surface area contributed by atoms with Crippen LogP contribution in [0.4, 0.5) is 5.69 Å². The Morgan fingerprint density at radius 2 is 2.00 bits per heavy atom. The summed E-state index contributed by atoms with van der Waals surface area (Å²) < 4.78 is 1.21. The van der Waals surface area contributed by atoms with Gasteiger partial charge in [0.2, 0.25) is 0 Å². The molecule has 0 saturated heterocycles. The number of rotatable bonds is 2. The zero-order valence-electron chi connectivity index (χ0n) is 11.9. The van der Waals surface area contributed by atoms with Crippen molar-refractivity contribution in [3.8, 4) is 10.6 Å². The molecule has 1 aliphatic carbocycles. The van der Waals surface area contributed by atoms with Crippen LogP contribution in [0.1, 0.15) is 6.92 Å². The Hall–Kier alpha value is -1.94. The molecule has 1 aromatic rings. The molecule has 1 aromatic carbocycles. The van der Waals surface area contributed by atoms with Crippen LogP contribution in [0.15, 0.2) is 41.4 Å². The summed E-state index contributed by atoms with van der Waals surface area (Å²) in [5.74, 6) is 0. The van der Waals surface area contributed by atoms with E-state index in [-0.39, 0.29) is 0 Å². The maximum Gasteiger partial charge on any atom is 0.0811 e. The number of benzene rings is 2. The first-order valence-corrected chi connectivity index (χ1v) is 7.51. The van der Waals surface area contributed by atoms with Crippen LogP contribution < -0.4 is 10.3 Å². The molecule has 3 nitrogen and oxygen atoms in total. The molecule has 2 aliphatic rings. The van der Waals surface area contributed by atoms with Gasteiger partial charge < -0.3 is 4.90 Å². The summed E-state index contributed by atoms with van der Waals surface area (Å²) in [4.78, 5) is 12.5. The van der Waals surface area contributed by atoms with Crippen molar-refractivity contribution in [1.29, 1.82) is 0 Å². The highest BCUT2D eigenvalue weighted by molar-refractivity contribution is 7.21. The Kier molecular flexibility index (Phi) is 3.40. The number of anilines is 1. The van der Waals surface area contributed by atoms with Crippen molar-refractivity contribution in [2.45, 2.75) is 6.92 Å². The Balaban J connectivity index is 2.25. The van der Waals surface area contributed by atoms with Gasteiger partial charge in [-0.3, -0.25) is 4.99 Å². The van der Waals surface area contributed by atoms with Crippen LogP contribution in [-0.2, 0) is 0 Å². The van der Waals surface area contributed by atoms with E-state index in [9.17, 15) is 0 Å². The zero-order chi connectivity index (χ0) is 14.1. The number of fused-ring (bicyclic) bond motifs is 2.